The first kappa shape index (κ1) is 9.04. The van der Waals surface area contributed by atoms with Gasteiger partial charge in [0.2, 0.25) is 0 Å². The van der Waals surface area contributed by atoms with Crippen LogP contribution in [0.3, 0.4) is 0 Å². The van der Waals surface area contributed by atoms with E-state index in [9.17, 15) is 0 Å². The zero-order chi connectivity index (χ0) is 9.26. The van der Waals surface area contributed by atoms with Gasteiger partial charge in [-0.25, -0.2) is 0 Å². The summed E-state index contributed by atoms with van der Waals surface area (Å²) < 4.78 is 0. The van der Waals surface area contributed by atoms with Crippen molar-refractivity contribution in [2.24, 2.45) is 0 Å². The summed E-state index contributed by atoms with van der Waals surface area (Å²) in [5, 5.41) is 3.26. The maximum atomic E-state index is 5.99. The second kappa shape index (κ2) is 3.69. The first-order valence-electron chi connectivity index (χ1n) is 4.87. The molecule has 1 aliphatic heterocycles. The molecule has 0 radical (unpaired) electrons. The molecule has 1 atom stereocenters. The molecule has 0 saturated carbocycles. The predicted octanol–water partition coefficient (Wildman–Crippen LogP) is 1.56. The smallest absolute Gasteiger partial charge is 0.0822 e. The third kappa shape index (κ3) is 1.87. The predicted molar refractivity (Wildman–Crippen MR) is 55.2 cm³/mol. The molecule has 2 rings (SSSR count). The lowest BCUT2D eigenvalue weighted by molar-refractivity contribution is -0.655. The molecule has 13 heavy (non-hydrogen) atoms. The van der Waals surface area contributed by atoms with Gasteiger partial charge in [-0.2, -0.15) is 0 Å². The van der Waals surface area contributed by atoms with Crippen molar-refractivity contribution in [3.05, 3.63) is 34.3 Å². The minimum absolute atomic E-state index is 0.635. The zero-order valence-corrected chi connectivity index (χ0v) is 8.64. The highest BCUT2D eigenvalue weighted by Crippen LogP contribution is 2.24. The van der Waals surface area contributed by atoms with Crippen LogP contribution in [0.15, 0.2) is 18.2 Å². The molecule has 0 unspecified atom stereocenters. The van der Waals surface area contributed by atoms with Crippen LogP contribution < -0.4 is 5.32 Å². The Kier molecular flexibility index (Phi) is 2.56. The van der Waals surface area contributed by atoms with Crippen LogP contribution in [-0.4, -0.2) is 13.1 Å². The maximum absolute atomic E-state index is 5.99. The van der Waals surface area contributed by atoms with E-state index in [4.69, 9.17) is 11.6 Å². The van der Waals surface area contributed by atoms with Crippen molar-refractivity contribution in [1.29, 1.82) is 0 Å². The Hall–Kier alpha value is -0.530. The monoisotopic (exact) mass is 196 g/mol. The summed E-state index contributed by atoms with van der Waals surface area (Å²) in [6.45, 7) is 4.67. The van der Waals surface area contributed by atoms with Gasteiger partial charge in [0, 0.05) is 17.4 Å². The first-order chi connectivity index (χ1) is 6.27. The Morgan fingerprint density at radius 2 is 2.31 bits per heavy atom. The topological polar surface area (TPSA) is 16.6 Å². The lowest BCUT2D eigenvalue weighted by atomic mass is 9.96. The van der Waals surface area contributed by atoms with Gasteiger partial charge in [0.05, 0.1) is 13.1 Å². The van der Waals surface area contributed by atoms with Crippen molar-refractivity contribution >= 4 is 11.6 Å². The number of hydrogen-bond acceptors (Lipinski definition) is 0. The molecule has 0 bridgehead atoms. The van der Waals surface area contributed by atoms with E-state index < -0.39 is 0 Å². The molecule has 2 N–H and O–H groups in total. The van der Waals surface area contributed by atoms with E-state index in [2.05, 4.69) is 24.4 Å². The molecular weight excluding hydrogens is 182 g/mol. The van der Waals surface area contributed by atoms with Gasteiger partial charge in [0.1, 0.15) is 0 Å². The minimum atomic E-state index is 0.635. The van der Waals surface area contributed by atoms with E-state index >= 15 is 0 Å². The van der Waals surface area contributed by atoms with Crippen LogP contribution in [0.1, 0.15) is 24.0 Å². The van der Waals surface area contributed by atoms with Gasteiger partial charge in [-0.05, 0) is 23.3 Å². The van der Waals surface area contributed by atoms with Gasteiger partial charge in [-0.3, -0.25) is 0 Å². The largest absolute Gasteiger partial charge is 0.345 e. The molecule has 1 aliphatic rings. The summed E-state index contributed by atoms with van der Waals surface area (Å²) in [5.41, 5.74) is 2.92. The van der Waals surface area contributed by atoms with Crippen LogP contribution in [0.25, 0.3) is 0 Å². The number of benzene rings is 1. The average Bonchev–Trinajstić information content (AvgIpc) is 2.29. The Bertz CT molecular complexity index is 309. The Labute approximate surface area is 84.1 Å². The fourth-order valence-corrected chi connectivity index (χ4v) is 2.19. The lowest BCUT2D eigenvalue weighted by Gasteiger charge is -2.10. The van der Waals surface area contributed by atoms with Crippen molar-refractivity contribution in [1.82, 2.24) is 0 Å². The van der Waals surface area contributed by atoms with Crippen LogP contribution in [0.4, 0.5) is 0 Å². The molecule has 0 fully saturated rings. The first-order valence-corrected chi connectivity index (χ1v) is 5.25. The number of rotatable bonds is 0. The number of fused-ring (bicyclic) bond motifs is 1. The van der Waals surface area contributed by atoms with E-state index in [1.807, 2.05) is 6.07 Å². The van der Waals surface area contributed by atoms with Gasteiger partial charge in [-0.15, -0.1) is 0 Å². The highest BCUT2D eigenvalue weighted by Gasteiger charge is 2.16. The van der Waals surface area contributed by atoms with E-state index in [0.717, 1.165) is 5.02 Å². The summed E-state index contributed by atoms with van der Waals surface area (Å²) >= 11 is 5.99. The van der Waals surface area contributed by atoms with Gasteiger partial charge in [0.25, 0.3) is 0 Å². The van der Waals surface area contributed by atoms with Gasteiger partial charge in [-0.1, -0.05) is 24.6 Å². The molecule has 0 saturated heterocycles. The second-order valence-corrected chi connectivity index (χ2v) is 4.24. The zero-order valence-electron chi connectivity index (χ0n) is 7.89. The third-order valence-electron chi connectivity index (χ3n) is 2.78. The summed E-state index contributed by atoms with van der Waals surface area (Å²) in [6, 6.07) is 6.30. The fourth-order valence-electron chi connectivity index (χ4n) is 2.00. The maximum Gasteiger partial charge on any atom is 0.0822 e. The van der Waals surface area contributed by atoms with E-state index in [1.165, 1.54) is 30.6 Å². The van der Waals surface area contributed by atoms with Crippen molar-refractivity contribution < 1.29 is 5.32 Å². The molecule has 2 heteroatoms. The Morgan fingerprint density at radius 1 is 1.46 bits per heavy atom. The average molecular weight is 197 g/mol. The quantitative estimate of drug-likeness (QED) is 0.649. The highest BCUT2D eigenvalue weighted by atomic mass is 35.5. The van der Waals surface area contributed by atoms with Crippen LogP contribution in [0.5, 0.6) is 0 Å². The SMILES string of the molecule is C[C@H]1C[NH2+]CCc2ccc(Cl)cc21. The second-order valence-electron chi connectivity index (χ2n) is 3.81. The van der Waals surface area contributed by atoms with Crippen LogP contribution in [0.2, 0.25) is 5.02 Å². The summed E-state index contributed by atoms with van der Waals surface area (Å²) in [5.74, 6) is 0.635. The summed E-state index contributed by atoms with van der Waals surface area (Å²) in [4.78, 5) is 0. The minimum Gasteiger partial charge on any atom is -0.345 e. The van der Waals surface area contributed by atoms with E-state index in [1.54, 1.807) is 0 Å². The molecule has 0 aliphatic carbocycles. The molecule has 0 spiro atoms. The lowest BCUT2D eigenvalue weighted by Crippen LogP contribution is -2.85. The molecular formula is C11H15ClN+. The number of quaternary nitrogens is 1. The van der Waals surface area contributed by atoms with Crippen molar-refractivity contribution in [3.8, 4) is 0 Å². The molecule has 1 nitrogen and oxygen atoms in total. The molecule has 0 aromatic heterocycles. The Morgan fingerprint density at radius 3 is 3.15 bits per heavy atom. The van der Waals surface area contributed by atoms with Crippen LogP contribution >= 0.6 is 11.6 Å². The van der Waals surface area contributed by atoms with Crippen LogP contribution in [-0.2, 0) is 6.42 Å². The Balaban J connectivity index is 2.43. The van der Waals surface area contributed by atoms with Crippen molar-refractivity contribution in [3.63, 3.8) is 0 Å². The number of halogens is 1. The normalized spacial score (nSPS) is 22.2. The van der Waals surface area contributed by atoms with E-state index in [-0.39, 0.29) is 0 Å². The van der Waals surface area contributed by atoms with E-state index in [0.29, 0.717) is 5.92 Å². The summed E-state index contributed by atoms with van der Waals surface area (Å²) in [7, 11) is 0. The molecule has 0 amide bonds. The molecule has 1 heterocycles. The molecule has 1 aromatic rings. The molecule has 70 valence electrons. The summed E-state index contributed by atoms with van der Waals surface area (Å²) in [6.07, 6.45) is 1.18. The number of hydrogen-bond donors (Lipinski definition) is 1. The fraction of sp³-hybridized carbons (Fsp3) is 0.455. The standard InChI is InChI=1S/C11H14ClN/c1-8-7-13-5-4-9-2-3-10(12)6-11(8)9/h2-3,6,8,13H,4-5,7H2,1H3/p+1/t8-/m0/s1. The van der Waals surface area contributed by atoms with Crippen molar-refractivity contribution in [2.75, 3.05) is 13.1 Å². The molecule has 1 aromatic carbocycles. The van der Waals surface area contributed by atoms with Gasteiger partial charge in [0.15, 0.2) is 0 Å². The highest BCUT2D eigenvalue weighted by molar-refractivity contribution is 6.30. The number of nitrogens with two attached hydrogens (primary N) is 1. The van der Waals surface area contributed by atoms with Crippen LogP contribution in [0, 0.1) is 0 Å². The van der Waals surface area contributed by atoms with Gasteiger partial charge < -0.3 is 5.32 Å². The third-order valence-corrected chi connectivity index (χ3v) is 3.01. The van der Waals surface area contributed by atoms with Crippen molar-refractivity contribution in [2.45, 2.75) is 19.3 Å². The van der Waals surface area contributed by atoms with Gasteiger partial charge >= 0.3 is 0 Å².